The van der Waals surface area contributed by atoms with Crippen LogP contribution in [0.4, 0.5) is 0 Å². The van der Waals surface area contributed by atoms with Gasteiger partial charge in [-0.25, -0.2) is 4.98 Å². The quantitative estimate of drug-likeness (QED) is 0.270. The molecule has 1 aromatic heterocycles. The summed E-state index contributed by atoms with van der Waals surface area (Å²) in [5.41, 5.74) is 5.88. The lowest BCUT2D eigenvalue weighted by atomic mass is 9.87. The van der Waals surface area contributed by atoms with Crippen LogP contribution in [-0.4, -0.2) is 22.8 Å². The van der Waals surface area contributed by atoms with Crippen molar-refractivity contribution in [3.63, 3.8) is 0 Å². The first kappa shape index (κ1) is 24.2. The standard InChI is InChI=1S/C32H36N2O2/c1-32(2,3)25-19-16-23(17-20-25)22-34-28-14-8-7-13-27(28)33-30(34)21-18-24-10-9-15-29(35-4)31(24)36-26-11-5-6-12-26/h7-10,13-21,26H,5-6,11-12,22H2,1-4H3. The van der Waals surface area contributed by atoms with E-state index < -0.39 is 0 Å². The van der Waals surface area contributed by atoms with Crippen molar-refractivity contribution in [2.75, 3.05) is 7.11 Å². The van der Waals surface area contributed by atoms with E-state index in [0.717, 1.165) is 53.3 Å². The Balaban J connectivity index is 1.49. The second-order valence-electron chi connectivity index (χ2n) is 10.7. The summed E-state index contributed by atoms with van der Waals surface area (Å²) >= 11 is 0. The minimum Gasteiger partial charge on any atom is -0.493 e. The number of nitrogens with zero attached hydrogens (tertiary/aromatic N) is 2. The molecule has 0 unspecified atom stereocenters. The van der Waals surface area contributed by atoms with Crippen LogP contribution in [0.15, 0.2) is 66.7 Å². The van der Waals surface area contributed by atoms with Crippen molar-refractivity contribution in [2.45, 2.75) is 64.5 Å². The van der Waals surface area contributed by atoms with Crippen molar-refractivity contribution in [1.29, 1.82) is 0 Å². The zero-order valence-corrected chi connectivity index (χ0v) is 21.8. The maximum atomic E-state index is 6.44. The van der Waals surface area contributed by atoms with Gasteiger partial charge in [-0.3, -0.25) is 0 Å². The fourth-order valence-electron chi connectivity index (χ4n) is 4.97. The second-order valence-corrected chi connectivity index (χ2v) is 10.7. The molecular weight excluding hydrogens is 444 g/mol. The summed E-state index contributed by atoms with van der Waals surface area (Å²) in [7, 11) is 1.70. The monoisotopic (exact) mass is 480 g/mol. The van der Waals surface area contributed by atoms with Crippen LogP contribution in [0, 0.1) is 0 Å². The number of para-hydroxylation sites is 3. The average Bonchev–Trinajstić information content (AvgIpc) is 3.51. The van der Waals surface area contributed by atoms with E-state index in [4.69, 9.17) is 14.5 Å². The summed E-state index contributed by atoms with van der Waals surface area (Å²) < 4.78 is 14.4. The van der Waals surface area contributed by atoms with Gasteiger partial charge in [0.1, 0.15) is 5.82 Å². The van der Waals surface area contributed by atoms with Gasteiger partial charge in [0.2, 0.25) is 0 Å². The van der Waals surface area contributed by atoms with Gasteiger partial charge in [0.05, 0.1) is 24.2 Å². The Kier molecular flexibility index (Phi) is 6.86. The SMILES string of the molecule is COc1cccc(C=Cc2nc3ccccc3n2Cc2ccc(C(C)(C)C)cc2)c1OC1CCCC1. The van der Waals surface area contributed by atoms with E-state index in [9.17, 15) is 0 Å². The van der Waals surface area contributed by atoms with E-state index in [1.165, 1.54) is 24.0 Å². The van der Waals surface area contributed by atoms with Crippen molar-refractivity contribution in [3.8, 4) is 11.5 Å². The lowest BCUT2D eigenvalue weighted by Crippen LogP contribution is -2.12. The molecule has 0 spiro atoms. The summed E-state index contributed by atoms with van der Waals surface area (Å²) in [5.74, 6) is 2.52. The summed E-state index contributed by atoms with van der Waals surface area (Å²) in [4.78, 5) is 4.96. The van der Waals surface area contributed by atoms with E-state index in [0.29, 0.717) is 0 Å². The molecule has 3 aromatic carbocycles. The van der Waals surface area contributed by atoms with E-state index in [1.54, 1.807) is 7.11 Å². The van der Waals surface area contributed by atoms with Crippen molar-refractivity contribution in [2.24, 2.45) is 0 Å². The molecule has 4 aromatic rings. The molecule has 0 bridgehead atoms. The van der Waals surface area contributed by atoms with Gasteiger partial charge in [0, 0.05) is 12.1 Å². The third kappa shape index (κ3) is 5.18. The molecular formula is C32H36N2O2. The number of fused-ring (bicyclic) bond motifs is 1. The van der Waals surface area contributed by atoms with E-state index >= 15 is 0 Å². The van der Waals surface area contributed by atoms with E-state index in [1.807, 2.05) is 18.2 Å². The first-order valence-corrected chi connectivity index (χ1v) is 13.0. The van der Waals surface area contributed by atoms with Crippen LogP contribution in [0.1, 0.15) is 69.0 Å². The fraction of sp³-hybridized carbons (Fsp3) is 0.344. The van der Waals surface area contributed by atoms with Crippen LogP contribution in [0.3, 0.4) is 0 Å². The molecule has 1 aliphatic carbocycles. The number of methoxy groups -OCH3 is 1. The lowest BCUT2D eigenvalue weighted by Gasteiger charge is -2.19. The Morgan fingerprint density at radius 3 is 2.39 bits per heavy atom. The summed E-state index contributed by atoms with van der Waals surface area (Å²) in [6.07, 6.45) is 9.12. The number of aromatic nitrogens is 2. The maximum absolute atomic E-state index is 6.44. The van der Waals surface area contributed by atoms with E-state index in [2.05, 4.69) is 86.0 Å². The highest BCUT2D eigenvalue weighted by atomic mass is 16.5. The first-order valence-electron chi connectivity index (χ1n) is 13.0. The molecule has 0 atom stereocenters. The predicted octanol–water partition coefficient (Wildman–Crippen LogP) is 7.88. The molecule has 36 heavy (non-hydrogen) atoms. The third-order valence-electron chi connectivity index (χ3n) is 7.07. The van der Waals surface area contributed by atoms with Crippen LogP contribution in [-0.2, 0) is 12.0 Å². The number of hydrogen-bond acceptors (Lipinski definition) is 3. The van der Waals surface area contributed by atoms with Gasteiger partial charge in [-0.2, -0.15) is 0 Å². The van der Waals surface area contributed by atoms with Gasteiger partial charge in [-0.05, 0) is 72.6 Å². The fourth-order valence-corrected chi connectivity index (χ4v) is 4.97. The Bertz CT molecular complexity index is 1350. The Hall–Kier alpha value is -3.53. The van der Waals surface area contributed by atoms with Gasteiger partial charge in [-0.1, -0.05) is 69.3 Å². The van der Waals surface area contributed by atoms with Gasteiger partial charge in [0.25, 0.3) is 0 Å². The molecule has 1 heterocycles. The molecule has 0 aliphatic heterocycles. The zero-order valence-electron chi connectivity index (χ0n) is 21.8. The average molecular weight is 481 g/mol. The minimum atomic E-state index is 0.142. The van der Waals surface area contributed by atoms with Crippen LogP contribution in [0.5, 0.6) is 11.5 Å². The zero-order chi connectivity index (χ0) is 25.1. The molecule has 0 saturated heterocycles. The molecule has 0 radical (unpaired) electrons. The second kappa shape index (κ2) is 10.2. The van der Waals surface area contributed by atoms with Gasteiger partial charge < -0.3 is 14.0 Å². The highest BCUT2D eigenvalue weighted by molar-refractivity contribution is 5.81. The van der Waals surface area contributed by atoms with Gasteiger partial charge >= 0.3 is 0 Å². The number of benzene rings is 3. The molecule has 1 fully saturated rings. The molecule has 5 rings (SSSR count). The molecule has 4 nitrogen and oxygen atoms in total. The van der Waals surface area contributed by atoms with Gasteiger partial charge in [0.15, 0.2) is 11.5 Å². The van der Waals surface area contributed by atoms with Crippen LogP contribution in [0.2, 0.25) is 0 Å². The molecule has 4 heteroatoms. The summed E-state index contributed by atoms with van der Waals surface area (Å²) in [6.45, 7) is 7.50. The maximum Gasteiger partial charge on any atom is 0.168 e. The van der Waals surface area contributed by atoms with E-state index in [-0.39, 0.29) is 11.5 Å². The van der Waals surface area contributed by atoms with Crippen LogP contribution in [0.25, 0.3) is 23.2 Å². The molecule has 0 amide bonds. The molecule has 1 saturated carbocycles. The molecule has 1 aliphatic rings. The molecule has 0 N–H and O–H groups in total. The van der Waals surface area contributed by atoms with Gasteiger partial charge in [-0.15, -0.1) is 0 Å². The minimum absolute atomic E-state index is 0.142. The highest BCUT2D eigenvalue weighted by Gasteiger charge is 2.20. The largest absolute Gasteiger partial charge is 0.493 e. The number of hydrogen-bond donors (Lipinski definition) is 0. The first-order chi connectivity index (χ1) is 17.4. The smallest absolute Gasteiger partial charge is 0.168 e. The van der Waals surface area contributed by atoms with Crippen molar-refractivity contribution in [1.82, 2.24) is 9.55 Å². The van der Waals surface area contributed by atoms with Crippen molar-refractivity contribution >= 4 is 23.2 Å². The third-order valence-corrected chi connectivity index (χ3v) is 7.07. The van der Waals surface area contributed by atoms with Crippen LogP contribution < -0.4 is 9.47 Å². The van der Waals surface area contributed by atoms with Crippen LogP contribution >= 0.6 is 0 Å². The summed E-state index contributed by atoms with van der Waals surface area (Å²) in [6, 6.07) is 23.4. The number of ether oxygens (including phenoxy) is 2. The van der Waals surface area contributed by atoms with Crippen molar-refractivity contribution < 1.29 is 9.47 Å². The van der Waals surface area contributed by atoms with Crippen molar-refractivity contribution in [3.05, 3.63) is 89.2 Å². The topological polar surface area (TPSA) is 36.3 Å². The Morgan fingerprint density at radius 1 is 0.917 bits per heavy atom. The number of rotatable bonds is 7. The highest BCUT2D eigenvalue weighted by Crippen LogP contribution is 2.36. The number of imidazole rings is 1. The Labute approximate surface area is 214 Å². The predicted molar refractivity (Wildman–Crippen MR) is 149 cm³/mol. The summed E-state index contributed by atoms with van der Waals surface area (Å²) in [5, 5.41) is 0. The molecule has 186 valence electrons. The normalized spacial score (nSPS) is 14.7. The Morgan fingerprint density at radius 2 is 1.67 bits per heavy atom. The lowest BCUT2D eigenvalue weighted by molar-refractivity contribution is 0.200.